The maximum absolute atomic E-state index is 10.8. The third-order valence-corrected chi connectivity index (χ3v) is 2.02. The van der Waals surface area contributed by atoms with Crippen LogP contribution in [-0.4, -0.2) is 34.2 Å². The Bertz CT molecular complexity index is 415. The van der Waals surface area contributed by atoms with Gasteiger partial charge in [0.2, 0.25) is 5.82 Å². The molecule has 0 amide bonds. The summed E-state index contributed by atoms with van der Waals surface area (Å²) in [6, 6.07) is 2.89. The van der Waals surface area contributed by atoms with E-state index in [9.17, 15) is 15.2 Å². The zero-order valence-corrected chi connectivity index (χ0v) is 10.0. The molecular formula is C10H16N4O3. The third-order valence-electron chi connectivity index (χ3n) is 2.02. The van der Waals surface area contributed by atoms with Crippen molar-refractivity contribution < 1.29 is 10.0 Å². The van der Waals surface area contributed by atoms with Crippen LogP contribution in [0.1, 0.15) is 13.8 Å². The zero-order valence-electron chi connectivity index (χ0n) is 10.0. The lowest BCUT2D eigenvalue weighted by Gasteiger charge is -2.18. The fraction of sp³-hybridized carbons (Fsp3) is 0.500. The van der Waals surface area contributed by atoms with Gasteiger partial charge in [-0.05, 0) is 19.9 Å². The van der Waals surface area contributed by atoms with Crippen molar-refractivity contribution in [1.29, 1.82) is 0 Å². The molecule has 0 bridgehead atoms. The summed E-state index contributed by atoms with van der Waals surface area (Å²) in [5, 5.41) is 25.9. The largest absolute Gasteiger partial charge is 0.389 e. The number of rotatable bonds is 5. The number of nitro groups is 1. The van der Waals surface area contributed by atoms with E-state index in [0.29, 0.717) is 5.82 Å². The Morgan fingerprint density at radius 3 is 2.65 bits per heavy atom. The number of pyridine rings is 1. The average Bonchev–Trinajstić information content (AvgIpc) is 2.24. The highest BCUT2D eigenvalue weighted by Gasteiger charge is 2.19. The van der Waals surface area contributed by atoms with E-state index in [2.05, 4.69) is 15.6 Å². The van der Waals surface area contributed by atoms with Crippen molar-refractivity contribution in [3.8, 4) is 0 Å². The van der Waals surface area contributed by atoms with E-state index < -0.39 is 10.5 Å². The van der Waals surface area contributed by atoms with Crippen LogP contribution in [0.3, 0.4) is 0 Å². The van der Waals surface area contributed by atoms with Crippen LogP contribution in [-0.2, 0) is 0 Å². The Balaban J connectivity index is 2.97. The summed E-state index contributed by atoms with van der Waals surface area (Å²) < 4.78 is 0. The SMILES string of the molecule is CNc1ccc([N+](=O)[O-])c(NCC(C)(C)O)n1. The average molecular weight is 240 g/mol. The van der Waals surface area contributed by atoms with E-state index >= 15 is 0 Å². The molecule has 0 saturated carbocycles. The van der Waals surface area contributed by atoms with Gasteiger partial charge in [0.1, 0.15) is 5.82 Å². The van der Waals surface area contributed by atoms with Crippen LogP contribution in [0.2, 0.25) is 0 Å². The minimum atomic E-state index is -0.967. The summed E-state index contributed by atoms with van der Waals surface area (Å²) in [6.07, 6.45) is 0. The number of aromatic nitrogens is 1. The monoisotopic (exact) mass is 240 g/mol. The fourth-order valence-electron chi connectivity index (χ4n) is 1.17. The number of nitrogens with one attached hydrogen (secondary N) is 2. The maximum Gasteiger partial charge on any atom is 0.311 e. The predicted octanol–water partition coefficient (Wildman–Crippen LogP) is 1.21. The number of hydrogen-bond donors (Lipinski definition) is 3. The quantitative estimate of drug-likeness (QED) is 0.528. The molecule has 1 aromatic rings. The minimum absolute atomic E-state index is 0.117. The first-order chi connectivity index (χ1) is 7.83. The first-order valence-corrected chi connectivity index (χ1v) is 5.13. The van der Waals surface area contributed by atoms with Gasteiger partial charge in [-0.2, -0.15) is 0 Å². The molecular weight excluding hydrogens is 224 g/mol. The molecule has 17 heavy (non-hydrogen) atoms. The van der Waals surface area contributed by atoms with Crippen LogP contribution in [0.25, 0.3) is 0 Å². The Hall–Kier alpha value is -1.89. The Morgan fingerprint density at radius 1 is 1.53 bits per heavy atom. The molecule has 0 unspecified atom stereocenters. The summed E-state index contributed by atoms with van der Waals surface area (Å²) in [7, 11) is 1.67. The van der Waals surface area contributed by atoms with Crippen LogP contribution in [0, 0.1) is 10.1 Å². The van der Waals surface area contributed by atoms with Gasteiger partial charge < -0.3 is 15.7 Å². The Labute approximate surface area is 99.0 Å². The second kappa shape index (κ2) is 4.96. The number of hydrogen-bond acceptors (Lipinski definition) is 6. The molecule has 1 heterocycles. The van der Waals surface area contributed by atoms with Crippen LogP contribution in [0.15, 0.2) is 12.1 Å². The third kappa shape index (κ3) is 3.87. The topological polar surface area (TPSA) is 100 Å². The zero-order chi connectivity index (χ0) is 13.1. The van der Waals surface area contributed by atoms with Crippen molar-refractivity contribution in [3.05, 3.63) is 22.2 Å². The van der Waals surface area contributed by atoms with Crippen molar-refractivity contribution in [3.63, 3.8) is 0 Å². The maximum atomic E-state index is 10.8. The second-order valence-corrected chi connectivity index (χ2v) is 4.24. The molecule has 3 N–H and O–H groups in total. The van der Waals surface area contributed by atoms with E-state index in [4.69, 9.17) is 0 Å². The Morgan fingerprint density at radius 2 is 2.18 bits per heavy atom. The molecule has 0 aliphatic carbocycles. The van der Waals surface area contributed by atoms with Crippen LogP contribution >= 0.6 is 0 Å². The summed E-state index contributed by atoms with van der Waals surface area (Å²) in [5.41, 5.74) is -1.08. The molecule has 0 fully saturated rings. The first kappa shape index (κ1) is 13.2. The van der Waals surface area contributed by atoms with Crippen LogP contribution in [0.4, 0.5) is 17.3 Å². The molecule has 1 aromatic heterocycles. The molecule has 7 heteroatoms. The molecule has 1 rings (SSSR count). The highest BCUT2D eigenvalue weighted by atomic mass is 16.6. The van der Waals surface area contributed by atoms with Crippen LogP contribution < -0.4 is 10.6 Å². The standard InChI is InChI=1S/C10H16N4O3/c1-10(2,15)6-12-9-7(14(16)17)4-5-8(11-3)13-9/h4-5,15H,6H2,1-3H3,(H2,11,12,13). The molecule has 0 aromatic carbocycles. The van der Waals surface area contributed by atoms with E-state index in [0.717, 1.165) is 0 Å². The highest BCUT2D eigenvalue weighted by molar-refractivity contribution is 5.60. The first-order valence-electron chi connectivity index (χ1n) is 5.13. The lowest BCUT2D eigenvalue weighted by atomic mass is 10.1. The molecule has 94 valence electrons. The van der Waals surface area contributed by atoms with Gasteiger partial charge in [0.25, 0.3) is 0 Å². The number of aliphatic hydroxyl groups is 1. The molecule has 0 aliphatic heterocycles. The fourth-order valence-corrected chi connectivity index (χ4v) is 1.17. The Kier molecular flexibility index (Phi) is 3.84. The highest BCUT2D eigenvalue weighted by Crippen LogP contribution is 2.24. The second-order valence-electron chi connectivity index (χ2n) is 4.24. The van der Waals surface area contributed by atoms with E-state index in [1.165, 1.54) is 12.1 Å². The summed E-state index contributed by atoms with van der Waals surface area (Å²) in [5.74, 6) is 0.665. The van der Waals surface area contributed by atoms with Gasteiger partial charge in [-0.15, -0.1) is 0 Å². The summed E-state index contributed by atoms with van der Waals surface area (Å²) in [6.45, 7) is 3.38. The molecule has 0 radical (unpaired) electrons. The molecule has 0 saturated heterocycles. The smallest absolute Gasteiger partial charge is 0.311 e. The molecule has 0 spiro atoms. The van der Waals surface area contributed by atoms with E-state index in [-0.39, 0.29) is 18.1 Å². The summed E-state index contributed by atoms with van der Waals surface area (Å²) >= 11 is 0. The van der Waals surface area contributed by atoms with Gasteiger partial charge in [-0.25, -0.2) is 4.98 Å². The van der Waals surface area contributed by atoms with Crippen molar-refractivity contribution in [2.24, 2.45) is 0 Å². The van der Waals surface area contributed by atoms with Crippen molar-refractivity contribution in [2.75, 3.05) is 24.2 Å². The van der Waals surface area contributed by atoms with Crippen molar-refractivity contribution >= 4 is 17.3 Å². The van der Waals surface area contributed by atoms with Gasteiger partial charge in [-0.1, -0.05) is 0 Å². The van der Waals surface area contributed by atoms with Crippen LogP contribution in [0.5, 0.6) is 0 Å². The molecule has 7 nitrogen and oxygen atoms in total. The lowest BCUT2D eigenvalue weighted by molar-refractivity contribution is -0.384. The van der Waals surface area contributed by atoms with Gasteiger partial charge in [0.05, 0.1) is 10.5 Å². The van der Waals surface area contributed by atoms with Gasteiger partial charge in [0.15, 0.2) is 0 Å². The van der Waals surface area contributed by atoms with Gasteiger partial charge in [-0.3, -0.25) is 10.1 Å². The normalized spacial score (nSPS) is 11.1. The predicted molar refractivity (Wildman–Crippen MR) is 65.2 cm³/mol. The summed E-state index contributed by atoms with van der Waals surface area (Å²) in [4.78, 5) is 14.3. The number of nitrogens with zero attached hydrogens (tertiary/aromatic N) is 2. The van der Waals surface area contributed by atoms with Crippen molar-refractivity contribution in [2.45, 2.75) is 19.4 Å². The molecule has 0 atom stereocenters. The lowest BCUT2D eigenvalue weighted by Crippen LogP contribution is -2.29. The molecule has 0 aliphatic rings. The van der Waals surface area contributed by atoms with Gasteiger partial charge in [0, 0.05) is 19.7 Å². The van der Waals surface area contributed by atoms with Crippen molar-refractivity contribution in [1.82, 2.24) is 4.98 Å². The van der Waals surface area contributed by atoms with E-state index in [1.54, 1.807) is 20.9 Å². The van der Waals surface area contributed by atoms with Gasteiger partial charge >= 0.3 is 5.69 Å². The van der Waals surface area contributed by atoms with E-state index in [1.807, 2.05) is 0 Å². The number of anilines is 2. The minimum Gasteiger partial charge on any atom is -0.389 e.